The molecule has 7 heteroatoms. The number of nitrogens with one attached hydrogen (secondary N) is 1. The molecule has 6 nitrogen and oxygen atoms in total. The molecule has 1 atom stereocenters. The summed E-state index contributed by atoms with van der Waals surface area (Å²) in [6.45, 7) is 5.21. The summed E-state index contributed by atoms with van der Waals surface area (Å²) in [7, 11) is 0. The van der Waals surface area contributed by atoms with Gasteiger partial charge in [-0.05, 0) is 54.7 Å². The lowest BCUT2D eigenvalue weighted by Gasteiger charge is -2.31. The Balaban J connectivity index is 1.72. The van der Waals surface area contributed by atoms with E-state index >= 15 is 0 Å². The Hall–Kier alpha value is -2.73. The lowest BCUT2D eigenvalue weighted by atomic mass is 10.1. The molecule has 32 heavy (non-hydrogen) atoms. The number of amides is 2. The summed E-state index contributed by atoms with van der Waals surface area (Å²) in [5.74, 6) is 1.26. The van der Waals surface area contributed by atoms with Crippen LogP contribution in [0.1, 0.15) is 50.7 Å². The van der Waals surface area contributed by atoms with Crippen molar-refractivity contribution < 1.29 is 19.1 Å². The van der Waals surface area contributed by atoms with Crippen LogP contribution in [0.5, 0.6) is 11.5 Å². The summed E-state index contributed by atoms with van der Waals surface area (Å²) in [5, 5.41) is 3.62. The van der Waals surface area contributed by atoms with Crippen molar-refractivity contribution >= 4 is 23.4 Å². The topological polar surface area (TPSA) is 67.9 Å². The predicted molar refractivity (Wildman–Crippen MR) is 125 cm³/mol. The Morgan fingerprint density at radius 2 is 1.78 bits per heavy atom. The lowest BCUT2D eigenvalue weighted by Crippen LogP contribution is -2.49. The minimum absolute atomic E-state index is 0.0601. The molecule has 1 N–H and O–H groups in total. The third-order valence-corrected chi connectivity index (χ3v) is 5.80. The average Bonchev–Trinajstić information content (AvgIpc) is 3.27. The smallest absolute Gasteiger partial charge is 0.242 e. The molecule has 0 saturated heterocycles. The maximum absolute atomic E-state index is 13.3. The monoisotopic (exact) mass is 458 g/mol. The first-order chi connectivity index (χ1) is 15.5. The summed E-state index contributed by atoms with van der Waals surface area (Å²) in [6.07, 6.45) is 3.31. The molecular weight excluding hydrogens is 428 g/mol. The van der Waals surface area contributed by atoms with Crippen LogP contribution in [0.3, 0.4) is 0 Å². The molecule has 0 unspecified atom stereocenters. The molecule has 0 bridgehead atoms. The molecule has 1 aliphatic heterocycles. The zero-order valence-corrected chi connectivity index (χ0v) is 19.5. The Kier molecular flexibility index (Phi) is 8.80. The van der Waals surface area contributed by atoms with Crippen molar-refractivity contribution in [3.8, 4) is 11.5 Å². The van der Waals surface area contributed by atoms with E-state index in [0.717, 1.165) is 29.7 Å². The second-order valence-corrected chi connectivity index (χ2v) is 8.34. The summed E-state index contributed by atoms with van der Waals surface area (Å²) < 4.78 is 10.8. The van der Waals surface area contributed by atoms with Crippen molar-refractivity contribution in [3.05, 3.63) is 58.6 Å². The molecule has 3 rings (SSSR count). The number of nitrogens with zero attached hydrogens (tertiary/aromatic N) is 1. The third-order valence-electron chi connectivity index (χ3n) is 5.55. The molecule has 172 valence electrons. The van der Waals surface area contributed by atoms with Crippen LogP contribution < -0.4 is 14.8 Å². The SMILES string of the molecule is CCCCNC(=O)[C@H](CC)N(Cc1ccc(Cl)cc1)C(=O)CCc1ccc2c(c1)OCO2. The fourth-order valence-electron chi connectivity index (χ4n) is 3.70. The van der Waals surface area contributed by atoms with E-state index in [4.69, 9.17) is 21.1 Å². The summed E-state index contributed by atoms with van der Waals surface area (Å²) >= 11 is 6.02. The van der Waals surface area contributed by atoms with Crippen molar-refractivity contribution in [1.29, 1.82) is 0 Å². The van der Waals surface area contributed by atoms with Gasteiger partial charge in [0.1, 0.15) is 6.04 Å². The largest absolute Gasteiger partial charge is 0.454 e. The van der Waals surface area contributed by atoms with Crippen LogP contribution in [-0.2, 0) is 22.6 Å². The van der Waals surface area contributed by atoms with E-state index in [2.05, 4.69) is 12.2 Å². The van der Waals surface area contributed by atoms with Gasteiger partial charge in [-0.1, -0.05) is 50.1 Å². The Morgan fingerprint density at radius 3 is 2.50 bits per heavy atom. The number of rotatable bonds is 11. The molecule has 0 saturated carbocycles. The van der Waals surface area contributed by atoms with Gasteiger partial charge in [0, 0.05) is 24.5 Å². The number of fused-ring (bicyclic) bond motifs is 1. The van der Waals surface area contributed by atoms with E-state index < -0.39 is 6.04 Å². The molecule has 0 spiro atoms. The van der Waals surface area contributed by atoms with Gasteiger partial charge in [0.25, 0.3) is 0 Å². The highest BCUT2D eigenvalue weighted by molar-refractivity contribution is 6.30. The first-order valence-electron chi connectivity index (χ1n) is 11.2. The molecule has 2 amide bonds. The quantitative estimate of drug-likeness (QED) is 0.494. The lowest BCUT2D eigenvalue weighted by molar-refractivity contribution is -0.141. The van der Waals surface area contributed by atoms with Gasteiger partial charge in [0.2, 0.25) is 18.6 Å². The van der Waals surface area contributed by atoms with Crippen LogP contribution in [0.2, 0.25) is 5.02 Å². The molecule has 2 aromatic rings. The van der Waals surface area contributed by atoms with Crippen molar-refractivity contribution in [2.24, 2.45) is 0 Å². The number of hydrogen-bond donors (Lipinski definition) is 1. The molecule has 2 aromatic carbocycles. The number of unbranched alkanes of at least 4 members (excludes halogenated alkanes) is 1. The Bertz CT molecular complexity index is 917. The molecule has 1 heterocycles. The van der Waals surface area contributed by atoms with Gasteiger partial charge < -0.3 is 19.7 Å². The van der Waals surface area contributed by atoms with Gasteiger partial charge in [-0.25, -0.2) is 0 Å². The van der Waals surface area contributed by atoms with Crippen molar-refractivity contribution in [3.63, 3.8) is 0 Å². The van der Waals surface area contributed by atoms with Gasteiger partial charge in [0.05, 0.1) is 0 Å². The van der Waals surface area contributed by atoms with E-state index in [0.29, 0.717) is 43.1 Å². The first-order valence-corrected chi connectivity index (χ1v) is 11.6. The number of hydrogen-bond acceptors (Lipinski definition) is 4. The maximum Gasteiger partial charge on any atom is 0.242 e. The molecule has 0 aliphatic carbocycles. The second kappa shape index (κ2) is 11.8. The standard InChI is InChI=1S/C25H31ClN2O4/c1-3-5-14-27-25(30)21(4-2)28(16-19-6-10-20(26)11-7-19)24(29)13-9-18-8-12-22-23(15-18)32-17-31-22/h6-8,10-12,15,21H,3-5,9,13-14,16-17H2,1-2H3,(H,27,30)/t21-/m0/s1. The van der Waals surface area contributed by atoms with Crippen LogP contribution in [-0.4, -0.2) is 36.1 Å². The number of benzene rings is 2. The third kappa shape index (κ3) is 6.39. The number of aryl methyl sites for hydroxylation is 1. The van der Waals surface area contributed by atoms with Crippen molar-refractivity contribution in [1.82, 2.24) is 10.2 Å². The Labute approximate surface area is 194 Å². The van der Waals surface area contributed by atoms with Crippen LogP contribution >= 0.6 is 11.6 Å². The zero-order valence-electron chi connectivity index (χ0n) is 18.7. The van der Waals surface area contributed by atoms with Gasteiger partial charge in [-0.15, -0.1) is 0 Å². The van der Waals surface area contributed by atoms with Gasteiger partial charge in [-0.3, -0.25) is 9.59 Å². The van der Waals surface area contributed by atoms with Crippen molar-refractivity contribution in [2.75, 3.05) is 13.3 Å². The summed E-state index contributed by atoms with van der Waals surface area (Å²) in [5.41, 5.74) is 1.93. The molecule has 0 fully saturated rings. The van der Waals surface area contributed by atoms with Crippen LogP contribution in [0.4, 0.5) is 0 Å². The number of carbonyl (C=O) groups excluding carboxylic acids is 2. The fraction of sp³-hybridized carbons (Fsp3) is 0.440. The highest BCUT2D eigenvalue weighted by Gasteiger charge is 2.28. The Morgan fingerprint density at radius 1 is 1.06 bits per heavy atom. The first kappa shape index (κ1) is 23.9. The van der Waals surface area contributed by atoms with E-state index in [9.17, 15) is 9.59 Å². The zero-order chi connectivity index (χ0) is 22.9. The minimum Gasteiger partial charge on any atom is -0.454 e. The summed E-state index contributed by atoms with van der Waals surface area (Å²) in [4.78, 5) is 27.9. The number of carbonyl (C=O) groups is 2. The highest BCUT2D eigenvalue weighted by atomic mass is 35.5. The molecule has 0 aromatic heterocycles. The van der Waals surface area contributed by atoms with Crippen LogP contribution in [0, 0.1) is 0 Å². The average molecular weight is 459 g/mol. The van der Waals surface area contributed by atoms with Crippen molar-refractivity contribution in [2.45, 2.75) is 58.5 Å². The molecular formula is C25H31ClN2O4. The van der Waals surface area contributed by atoms with Gasteiger partial charge in [-0.2, -0.15) is 0 Å². The fourth-order valence-corrected chi connectivity index (χ4v) is 3.83. The summed E-state index contributed by atoms with van der Waals surface area (Å²) in [6, 6.07) is 12.6. The predicted octanol–water partition coefficient (Wildman–Crippen LogP) is 4.73. The van der Waals surface area contributed by atoms with E-state index in [-0.39, 0.29) is 18.6 Å². The minimum atomic E-state index is -0.521. The molecule has 0 radical (unpaired) electrons. The van der Waals surface area contributed by atoms with E-state index in [1.807, 2.05) is 37.3 Å². The van der Waals surface area contributed by atoms with E-state index in [1.54, 1.807) is 17.0 Å². The second-order valence-electron chi connectivity index (χ2n) is 7.90. The van der Waals surface area contributed by atoms with Crippen LogP contribution in [0.15, 0.2) is 42.5 Å². The van der Waals surface area contributed by atoms with Gasteiger partial charge in [0.15, 0.2) is 11.5 Å². The number of ether oxygens (including phenoxy) is 2. The van der Waals surface area contributed by atoms with E-state index in [1.165, 1.54) is 0 Å². The number of halogens is 1. The van der Waals surface area contributed by atoms with Crippen LogP contribution in [0.25, 0.3) is 0 Å². The molecule has 1 aliphatic rings. The normalized spacial score (nSPS) is 13.0. The maximum atomic E-state index is 13.3. The highest BCUT2D eigenvalue weighted by Crippen LogP contribution is 2.32. The van der Waals surface area contributed by atoms with Gasteiger partial charge >= 0.3 is 0 Å².